The Morgan fingerprint density at radius 3 is 2.94 bits per heavy atom. The topological polar surface area (TPSA) is 63.6 Å². The molecule has 1 heterocycles. The summed E-state index contributed by atoms with van der Waals surface area (Å²) in [5, 5.41) is 8.63. The highest BCUT2D eigenvalue weighted by Gasteiger charge is 2.20. The van der Waals surface area contributed by atoms with E-state index in [9.17, 15) is 9.59 Å². The van der Waals surface area contributed by atoms with E-state index in [0.717, 1.165) is 17.2 Å². The summed E-state index contributed by atoms with van der Waals surface area (Å²) in [5.41, 5.74) is 2.81. The van der Waals surface area contributed by atoms with Crippen LogP contribution in [0.15, 0.2) is 24.3 Å². The van der Waals surface area contributed by atoms with E-state index in [1.54, 1.807) is 25.1 Å². The van der Waals surface area contributed by atoms with Gasteiger partial charge in [-0.05, 0) is 30.2 Å². The number of benzene rings is 1. The average molecular weight is 218 g/mol. The first-order valence-electron chi connectivity index (χ1n) is 4.79. The van der Waals surface area contributed by atoms with Crippen LogP contribution in [-0.2, 0) is 16.1 Å². The lowest BCUT2D eigenvalue weighted by molar-refractivity contribution is -0.131. The van der Waals surface area contributed by atoms with Crippen molar-refractivity contribution >= 4 is 17.5 Å². The number of esters is 1. The lowest BCUT2D eigenvalue weighted by Gasteiger charge is -2.02. The minimum atomic E-state index is -0.981. The molecule has 1 aliphatic heterocycles. The number of carboxylic acids is 1. The third-order valence-corrected chi connectivity index (χ3v) is 2.48. The van der Waals surface area contributed by atoms with E-state index < -0.39 is 5.97 Å². The summed E-state index contributed by atoms with van der Waals surface area (Å²) < 4.78 is 4.86. The number of rotatable bonds is 2. The van der Waals surface area contributed by atoms with Gasteiger partial charge in [0, 0.05) is 11.6 Å². The van der Waals surface area contributed by atoms with Crippen LogP contribution in [0.4, 0.5) is 0 Å². The number of hydrogen-bond donors (Lipinski definition) is 1. The van der Waals surface area contributed by atoms with Gasteiger partial charge in [0.1, 0.15) is 6.61 Å². The van der Waals surface area contributed by atoms with Crippen LogP contribution in [0, 0.1) is 0 Å². The molecule has 1 N–H and O–H groups in total. The number of fused-ring (bicyclic) bond motifs is 1. The molecule has 0 unspecified atom stereocenters. The number of carbonyl (C=O) groups is 2. The summed E-state index contributed by atoms with van der Waals surface area (Å²) in [5.74, 6) is -1.30. The second kappa shape index (κ2) is 3.81. The molecule has 0 fully saturated rings. The molecule has 1 aromatic rings. The molecule has 82 valence electrons. The monoisotopic (exact) mass is 218 g/mol. The molecule has 1 aliphatic rings. The van der Waals surface area contributed by atoms with Crippen molar-refractivity contribution in [3.8, 4) is 0 Å². The molecule has 0 saturated carbocycles. The van der Waals surface area contributed by atoms with Crippen LogP contribution in [0.5, 0.6) is 0 Å². The Labute approximate surface area is 92.2 Å². The van der Waals surface area contributed by atoms with Crippen LogP contribution in [0.3, 0.4) is 0 Å². The smallest absolute Gasteiger partial charge is 0.338 e. The van der Waals surface area contributed by atoms with Crippen LogP contribution >= 0.6 is 0 Å². The predicted octanol–water partition coefficient (Wildman–Crippen LogP) is 1.84. The standard InChI is InChI=1S/C12H10O4/c1-7(4-11(13)14)8-2-3-10-9(5-8)6-16-12(10)15/h2-5H,6H2,1H3,(H,13,14). The molecule has 1 aromatic carbocycles. The lowest BCUT2D eigenvalue weighted by Crippen LogP contribution is -1.94. The average Bonchev–Trinajstić information content (AvgIpc) is 2.59. The molecule has 0 saturated heterocycles. The van der Waals surface area contributed by atoms with E-state index in [1.165, 1.54) is 0 Å². The maximum Gasteiger partial charge on any atom is 0.338 e. The molecule has 16 heavy (non-hydrogen) atoms. The van der Waals surface area contributed by atoms with Crippen molar-refractivity contribution < 1.29 is 19.4 Å². The van der Waals surface area contributed by atoms with Gasteiger partial charge in [0.25, 0.3) is 0 Å². The van der Waals surface area contributed by atoms with Gasteiger partial charge in [-0.2, -0.15) is 0 Å². The van der Waals surface area contributed by atoms with Gasteiger partial charge in [-0.15, -0.1) is 0 Å². The Balaban J connectivity index is 2.39. The Hall–Kier alpha value is -2.10. The van der Waals surface area contributed by atoms with E-state index in [4.69, 9.17) is 9.84 Å². The van der Waals surface area contributed by atoms with E-state index in [0.29, 0.717) is 11.1 Å². The fourth-order valence-corrected chi connectivity index (χ4v) is 1.65. The highest BCUT2D eigenvalue weighted by molar-refractivity contribution is 5.94. The lowest BCUT2D eigenvalue weighted by atomic mass is 10.0. The minimum absolute atomic E-state index is 0.266. The Kier molecular flexibility index (Phi) is 2.48. The Bertz CT molecular complexity index is 500. The molecule has 2 rings (SSSR count). The molecule has 0 aliphatic carbocycles. The van der Waals surface area contributed by atoms with Crippen molar-refractivity contribution in [3.05, 3.63) is 41.0 Å². The number of aliphatic carboxylic acids is 1. The summed E-state index contributed by atoms with van der Waals surface area (Å²) >= 11 is 0. The molecular weight excluding hydrogens is 208 g/mol. The molecular formula is C12H10O4. The highest BCUT2D eigenvalue weighted by Crippen LogP contribution is 2.24. The van der Waals surface area contributed by atoms with Crippen LogP contribution in [0.2, 0.25) is 0 Å². The first kappa shape index (κ1) is 10.4. The number of allylic oxidation sites excluding steroid dienone is 1. The summed E-state index contributed by atoms with van der Waals surface area (Å²) in [6, 6.07) is 5.17. The second-order valence-corrected chi connectivity index (χ2v) is 3.61. The fraction of sp³-hybridized carbons (Fsp3) is 0.167. The maximum absolute atomic E-state index is 11.2. The van der Waals surface area contributed by atoms with E-state index >= 15 is 0 Å². The molecule has 0 aromatic heterocycles. The van der Waals surface area contributed by atoms with Crippen molar-refractivity contribution in [2.24, 2.45) is 0 Å². The molecule has 4 heteroatoms. The van der Waals surface area contributed by atoms with Crippen LogP contribution in [-0.4, -0.2) is 17.0 Å². The third-order valence-electron chi connectivity index (χ3n) is 2.48. The first-order valence-corrected chi connectivity index (χ1v) is 4.79. The second-order valence-electron chi connectivity index (χ2n) is 3.61. The number of carboxylic acid groups (broad SMARTS) is 1. The summed E-state index contributed by atoms with van der Waals surface area (Å²) in [6.07, 6.45) is 1.14. The van der Waals surface area contributed by atoms with E-state index in [1.807, 2.05) is 0 Å². The van der Waals surface area contributed by atoms with Gasteiger partial charge >= 0.3 is 11.9 Å². The van der Waals surface area contributed by atoms with Gasteiger partial charge in [0.2, 0.25) is 0 Å². The molecule has 4 nitrogen and oxygen atoms in total. The van der Waals surface area contributed by atoms with E-state index in [-0.39, 0.29) is 12.6 Å². The Morgan fingerprint density at radius 2 is 2.25 bits per heavy atom. The molecule has 0 amide bonds. The van der Waals surface area contributed by atoms with Crippen molar-refractivity contribution in [2.75, 3.05) is 0 Å². The zero-order valence-corrected chi connectivity index (χ0v) is 8.69. The van der Waals surface area contributed by atoms with Gasteiger partial charge in [0.15, 0.2) is 0 Å². The molecule has 0 spiro atoms. The maximum atomic E-state index is 11.2. The fourth-order valence-electron chi connectivity index (χ4n) is 1.65. The zero-order chi connectivity index (χ0) is 11.7. The summed E-state index contributed by atoms with van der Waals surface area (Å²) in [7, 11) is 0. The van der Waals surface area contributed by atoms with Crippen molar-refractivity contribution in [2.45, 2.75) is 13.5 Å². The van der Waals surface area contributed by atoms with Gasteiger partial charge in [-0.1, -0.05) is 6.07 Å². The van der Waals surface area contributed by atoms with Crippen LogP contribution in [0.25, 0.3) is 5.57 Å². The predicted molar refractivity (Wildman–Crippen MR) is 56.8 cm³/mol. The van der Waals surface area contributed by atoms with Crippen molar-refractivity contribution in [3.63, 3.8) is 0 Å². The molecule has 0 radical (unpaired) electrons. The number of hydrogen-bond acceptors (Lipinski definition) is 3. The highest BCUT2D eigenvalue weighted by atomic mass is 16.5. The summed E-state index contributed by atoms with van der Waals surface area (Å²) in [4.78, 5) is 21.7. The van der Waals surface area contributed by atoms with Crippen molar-refractivity contribution in [1.29, 1.82) is 0 Å². The minimum Gasteiger partial charge on any atom is -0.478 e. The largest absolute Gasteiger partial charge is 0.478 e. The number of cyclic esters (lactones) is 1. The Morgan fingerprint density at radius 1 is 1.50 bits per heavy atom. The van der Waals surface area contributed by atoms with E-state index in [2.05, 4.69) is 0 Å². The van der Waals surface area contributed by atoms with Crippen LogP contribution in [0.1, 0.15) is 28.4 Å². The SMILES string of the molecule is CC(=CC(=O)O)c1ccc2c(c1)COC2=O. The number of carbonyl (C=O) groups excluding carboxylic acids is 1. The van der Waals surface area contributed by atoms with Gasteiger partial charge in [-0.25, -0.2) is 9.59 Å². The van der Waals surface area contributed by atoms with Gasteiger partial charge in [0.05, 0.1) is 5.56 Å². The summed E-state index contributed by atoms with van der Waals surface area (Å²) in [6.45, 7) is 1.98. The van der Waals surface area contributed by atoms with Crippen molar-refractivity contribution in [1.82, 2.24) is 0 Å². The third kappa shape index (κ3) is 1.82. The quantitative estimate of drug-likeness (QED) is 0.607. The van der Waals surface area contributed by atoms with Gasteiger partial charge in [-0.3, -0.25) is 0 Å². The normalized spacial score (nSPS) is 14.6. The first-order chi connectivity index (χ1) is 7.58. The molecule has 0 atom stereocenters. The number of ether oxygens (including phenoxy) is 1. The van der Waals surface area contributed by atoms with Gasteiger partial charge < -0.3 is 9.84 Å². The molecule has 0 bridgehead atoms. The van der Waals surface area contributed by atoms with Crippen LogP contribution < -0.4 is 0 Å². The zero-order valence-electron chi connectivity index (χ0n) is 8.69.